The first-order valence-corrected chi connectivity index (χ1v) is 9.07. The number of carbonyl (C=O) groups excluding carboxylic acids is 1. The summed E-state index contributed by atoms with van der Waals surface area (Å²) in [5.41, 5.74) is 2.64. The number of aliphatic hydroxyl groups is 1. The highest BCUT2D eigenvalue weighted by Gasteiger charge is 2.17. The minimum Gasteiger partial charge on any atom is -0.383 e. The summed E-state index contributed by atoms with van der Waals surface area (Å²) in [5.74, 6) is -0.398. The summed E-state index contributed by atoms with van der Waals surface area (Å²) in [4.78, 5) is 16.5. The molecule has 2 N–H and O–H groups in total. The van der Waals surface area contributed by atoms with E-state index >= 15 is 0 Å². The van der Waals surface area contributed by atoms with Crippen molar-refractivity contribution in [3.63, 3.8) is 0 Å². The van der Waals surface area contributed by atoms with Crippen LogP contribution in [0.5, 0.6) is 0 Å². The molecule has 1 atom stereocenters. The first-order valence-electron chi connectivity index (χ1n) is 7.82. The number of amides is 1. The Morgan fingerprint density at radius 2 is 1.88 bits per heavy atom. The number of nitrogens with zero attached hydrogens (tertiary/aromatic N) is 1. The average Bonchev–Trinajstić information content (AvgIpc) is 3.09. The monoisotopic (exact) mass is 372 g/mol. The van der Waals surface area contributed by atoms with E-state index < -0.39 is 12.0 Å². The predicted octanol–water partition coefficient (Wildman–Crippen LogP) is 3.68. The van der Waals surface area contributed by atoms with Crippen LogP contribution in [0, 0.1) is 0 Å². The second-order valence-electron chi connectivity index (χ2n) is 5.57. The summed E-state index contributed by atoms with van der Waals surface area (Å²) < 4.78 is 0. The molecular weight excluding hydrogens is 356 g/mol. The van der Waals surface area contributed by atoms with Crippen LogP contribution in [0.2, 0.25) is 5.02 Å². The predicted molar refractivity (Wildman–Crippen MR) is 101 cm³/mol. The minimum atomic E-state index is -1.12. The minimum absolute atomic E-state index is 0.185. The SMILES string of the molecule is O=C(NCc1ccccc1)C(O)Cc1csc(-c2ccc(Cl)cc2)n1. The lowest BCUT2D eigenvalue weighted by atomic mass is 10.2. The maximum Gasteiger partial charge on any atom is 0.249 e. The number of halogens is 1. The van der Waals surface area contributed by atoms with Crippen molar-refractivity contribution in [2.45, 2.75) is 19.1 Å². The van der Waals surface area contributed by atoms with Crippen molar-refractivity contribution >= 4 is 28.8 Å². The van der Waals surface area contributed by atoms with E-state index in [1.807, 2.05) is 60.0 Å². The van der Waals surface area contributed by atoms with E-state index in [1.54, 1.807) is 0 Å². The van der Waals surface area contributed by atoms with Crippen LogP contribution in [-0.2, 0) is 17.8 Å². The summed E-state index contributed by atoms with van der Waals surface area (Å²) >= 11 is 7.36. The third kappa shape index (κ3) is 4.89. The van der Waals surface area contributed by atoms with Crippen LogP contribution >= 0.6 is 22.9 Å². The molecule has 1 aromatic heterocycles. The van der Waals surface area contributed by atoms with E-state index in [-0.39, 0.29) is 6.42 Å². The van der Waals surface area contributed by atoms with Crippen molar-refractivity contribution in [2.24, 2.45) is 0 Å². The van der Waals surface area contributed by atoms with Gasteiger partial charge in [-0.15, -0.1) is 11.3 Å². The van der Waals surface area contributed by atoms with E-state index in [4.69, 9.17) is 11.6 Å². The Morgan fingerprint density at radius 3 is 2.60 bits per heavy atom. The van der Waals surface area contributed by atoms with Gasteiger partial charge in [0.1, 0.15) is 11.1 Å². The fraction of sp³-hybridized carbons (Fsp3) is 0.158. The number of aliphatic hydroxyl groups excluding tert-OH is 1. The second-order valence-corrected chi connectivity index (χ2v) is 6.87. The van der Waals surface area contributed by atoms with Gasteiger partial charge in [0, 0.05) is 28.9 Å². The van der Waals surface area contributed by atoms with Crippen LogP contribution in [-0.4, -0.2) is 22.1 Å². The molecule has 0 bridgehead atoms. The zero-order chi connectivity index (χ0) is 17.6. The zero-order valence-electron chi connectivity index (χ0n) is 13.4. The third-order valence-corrected chi connectivity index (χ3v) is 4.85. The molecule has 0 aliphatic heterocycles. The molecule has 128 valence electrons. The van der Waals surface area contributed by atoms with Crippen LogP contribution in [0.15, 0.2) is 60.0 Å². The van der Waals surface area contributed by atoms with E-state index in [1.165, 1.54) is 11.3 Å². The average molecular weight is 373 g/mol. The molecule has 1 heterocycles. The highest BCUT2D eigenvalue weighted by molar-refractivity contribution is 7.13. The van der Waals surface area contributed by atoms with Crippen LogP contribution in [0.25, 0.3) is 10.6 Å². The summed E-state index contributed by atoms with van der Waals surface area (Å²) in [5, 5.41) is 16.2. The smallest absolute Gasteiger partial charge is 0.249 e. The fourth-order valence-corrected chi connectivity index (χ4v) is 3.28. The van der Waals surface area contributed by atoms with Gasteiger partial charge in [-0.2, -0.15) is 0 Å². The normalized spacial score (nSPS) is 11.9. The van der Waals surface area contributed by atoms with Gasteiger partial charge in [0.2, 0.25) is 5.91 Å². The lowest BCUT2D eigenvalue weighted by Gasteiger charge is -2.10. The first kappa shape index (κ1) is 17.6. The van der Waals surface area contributed by atoms with E-state index in [2.05, 4.69) is 10.3 Å². The van der Waals surface area contributed by atoms with Crippen molar-refractivity contribution in [3.05, 3.63) is 76.3 Å². The summed E-state index contributed by atoms with van der Waals surface area (Å²) in [6.45, 7) is 0.393. The molecule has 2 aromatic carbocycles. The zero-order valence-corrected chi connectivity index (χ0v) is 14.9. The molecule has 0 aliphatic rings. The van der Waals surface area contributed by atoms with Crippen molar-refractivity contribution in [1.82, 2.24) is 10.3 Å². The molecule has 25 heavy (non-hydrogen) atoms. The van der Waals surface area contributed by atoms with Crippen molar-refractivity contribution < 1.29 is 9.90 Å². The van der Waals surface area contributed by atoms with Gasteiger partial charge in [0.15, 0.2) is 0 Å². The first-order chi connectivity index (χ1) is 12.1. The molecule has 0 fully saturated rings. The number of carbonyl (C=O) groups is 1. The molecule has 0 saturated carbocycles. The maximum absolute atomic E-state index is 12.0. The van der Waals surface area contributed by atoms with Gasteiger partial charge in [-0.25, -0.2) is 4.98 Å². The number of hydrogen-bond donors (Lipinski definition) is 2. The quantitative estimate of drug-likeness (QED) is 0.693. The van der Waals surface area contributed by atoms with E-state index in [0.29, 0.717) is 17.3 Å². The lowest BCUT2D eigenvalue weighted by molar-refractivity contribution is -0.129. The topological polar surface area (TPSA) is 62.2 Å². The van der Waals surface area contributed by atoms with Gasteiger partial charge in [0.05, 0.1) is 5.69 Å². The molecule has 0 saturated heterocycles. The standard InChI is InChI=1S/C19H17ClN2O2S/c20-15-8-6-14(7-9-15)19-22-16(12-25-19)10-17(23)18(24)21-11-13-4-2-1-3-5-13/h1-9,12,17,23H,10-11H2,(H,21,24). The molecule has 0 spiro atoms. The molecule has 1 unspecified atom stereocenters. The Morgan fingerprint density at radius 1 is 1.16 bits per heavy atom. The molecule has 6 heteroatoms. The summed E-state index contributed by atoms with van der Waals surface area (Å²) in [7, 11) is 0. The Kier molecular flexibility index (Phi) is 5.81. The Balaban J connectivity index is 1.56. The van der Waals surface area contributed by atoms with Crippen molar-refractivity contribution in [1.29, 1.82) is 0 Å². The molecule has 0 radical (unpaired) electrons. The van der Waals surface area contributed by atoms with E-state index in [0.717, 1.165) is 16.1 Å². The molecule has 3 aromatic rings. The Bertz CT molecular complexity index is 834. The van der Waals surface area contributed by atoms with Gasteiger partial charge >= 0.3 is 0 Å². The Hall–Kier alpha value is -2.21. The number of aromatic nitrogens is 1. The van der Waals surface area contributed by atoms with Crippen LogP contribution in [0.3, 0.4) is 0 Å². The number of benzene rings is 2. The van der Waals surface area contributed by atoms with Gasteiger partial charge in [-0.05, 0) is 17.7 Å². The number of hydrogen-bond acceptors (Lipinski definition) is 4. The largest absolute Gasteiger partial charge is 0.383 e. The van der Waals surface area contributed by atoms with Gasteiger partial charge in [0.25, 0.3) is 0 Å². The number of rotatable bonds is 6. The Labute approximate surface area is 155 Å². The van der Waals surface area contributed by atoms with Crippen molar-refractivity contribution in [3.8, 4) is 10.6 Å². The summed E-state index contributed by atoms with van der Waals surface area (Å²) in [6, 6.07) is 17.0. The van der Waals surface area contributed by atoms with Crippen LogP contribution in [0.1, 0.15) is 11.3 Å². The number of thiazole rings is 1. The van der Waals surface area contributed by atoms with Gasteiger partial charge < -0.3 is 10.4 Å². The molecule has 0 aliphatic carbocycles. The molecule has 4 nitrogen and oxygen atoms in total. The van der Waals surface area contributed by atoms with Crippen LogP contribution < -0.4 is 5.32 Å². The highest BCUT2D eigenvalue weighted by atomic mass is 35.5. The molecular formula is C19H17ClN2O2S. The fourth-order valence-electron chi connectivity index (χ4n) is 2.32. The summed E-state index contributed by atoms with van der Waals surface area (Å²) in [6.07, 6.45) is -0.936. The van der Waals surface area contributed by atoms with Gasteiger partial charge in [-0.3, -0.25) is 4.79 Å². The number of nitrogens with one attached hydrogen (secondary N) is 1. The highest BCUT2D eigenvalue weighted by Crippen LogP contribution is 2.25. The molecule has 3 rings (SSSR count). The third-order valence-electron chi connectivity index (χ3n) is 3.66. The maximum atomic E-state index is 12.0. The second kappa shape index (κ2) is 8.25. The van der Waals surface area contributed by atoms with Crippen LogP contribution in [0.4, 0.5) is 0 Å². The van der Waals surface area contributed by atoms with Crippen molar-refractivity contribution in [2.75, 3.05) is 0 Å². The van der Waals surface area contributed by atoms with E-state index in [9.17, 15) is 9.90 Å². The lowest BCUT2D eigenvalue weighted by Crippen LogP contribution is -2.35. The van der Waals surface area contributed by atoms with Gasteiger partial charge in [-0.1, -0.05) is 54.1 Å². The molecule has 1 amide bonds.